The predicted molar refractivity (Wildman–Crippen MR) is 93.4 cm³/mol. The van der Waals surface area contributed by atoms with E-state index < -0.39 is 0 Å². The van der Waals surface area contributed by atoms with Crippen LogP contribution in [0.1, 0.15) is 6.42 Å². The summed E-state index contributed by atoms with van der Waals surface area (Å²) in [5.41, 5.74) is 1.70. The summed E-state index contributed by atoms with van der Waals surface area (Å²) >= 11 is 13.6. The van der Waals surface area contributed by atoms with Gasteiger partial charge in [0.25, 0.3) is 0 Å². The fraction of sp³-hybridized carbons (Fsp3) is 0.231. The maximum atomic E-state index is 6.19. The molecule has 112 valence electrons. The molecule has 8 heteroatoms. The summed E-state index contributed by atoms with van der Waals surface area (Å²) in [6, 6.07) is 5.40. The summed E-state index contributed by atoms with van der Waals surface area (Å²) in [7, 11) is 0. The molecule has 0 aliphatic carbocycles. The van der Waals surface area contributed by atoms with Crippen LogP contribution in [-0.2, 0) is 0 Å². The third-order valence-electron chi connectivity index (χ3n) is 2.83. The van der Waals surface area contributed by atoms with Crippen LogP contribution in [0.4, 0.5) is 5.13 Å². The van der Waals surface area contributed by atoms with Gasteiger partial charge in [-0.15, -0.1) is 23.7 Å². The molecule has 1 aliphatic rings. The van der Waals surface area contributed by atoms with E-state index in [1.54, 1.807) is 6.07 Å². The first kappa shape index (κ1) is 16.4. The molecule has 2 aromatic rings. The monoisotopic (exact) mass is 362 g/mol. The minimum Gasteiger partial charge on any atom is -0.356 e. The highest BCUT2D eigenvalue weighted by Gasteiger charge is 2.11. The number of nitrogens with one attached hydrogen (secondary N) is 2. The zero-order valence-corrected chi connectivity index (χ0v) is 14.0. The Morgan fingerprint density at radius 3 is 2.86 bits per heavy atom. The van der Waals surface area contributed by atoms with Crippen molar-refractivity contribution in [1.82, 2.24) is 10.3 Å². The van der Waals surface area contributed by atoms with Crippen LogP contribution in [0.3, 0.4) is 0 Å². The number of hydrogen-bond donors (Lipinski definition) is 2. The summed E-state index contributed by atoms with van der Waals surface area (Å²) in [5, 5.41) is 10.3. The zero-order chi connectivity index (χ0) is 13.9. The highest BCUT2D eigenvalue weighted by molar-refractivity contribution is 7.14. The molecule has 0 radical (unpaired) electrons. The van der Waals surface area contributed by atoms with E-state index in [9.17, 15) is 0 Å². The van der Waals surface area contributed by atoms with Crippen molar-refractivity contribution in [3.8, 4) is 11.3 Å². The van der Waals surface area contributed by atoms with E-state index in [-0.39, 0.29) is 12.4 Å². The van der Waals surface area contributed by atoms with Gasteiger partial charge in [0.05, 0.1) is 10.7 Å². The summed E-state index contributed by atoms with van der Waals surface area (Å²) < 4.78 is 0. The number of rotatable bonds is 2. The number of thiazole rings is 1. The zero-order valence-electron chi connectivity index (χ0n) is 10.9. The van der Waals surface area contributed by atoms with E-state index in [0.29, 0.717) is 10.0 Å². The van der Waals surface area contributed by atoms with E-state index in [1.165, 1.54) is 11.3 Å². The number of halogens is 3. The number of aromatic nitrogens is 1. The molecule has 0 saturated heterocycles. The molecule has 0 bridgehead atoms. The third kappa shape index (κ3) is 4.01. The van der Waals surface area contributed by atoms with Crippen LogP contribution in [-0.4, -0.2) is 24.0 Å². The van der Waals surface area contributed by atoms with Gasteiger partial charge in [-0.2, -0.15) is 0 Å². The van der Waals surface area contributed by atoms with Gasteiger partial charge in [-0.3, -0.25) is 4.99 Å². The molecule has 0 saturated carbocycles. The summed E-state index contributed by atoms with van der Waals surface area (Å²) in [4.78, 5) is 8.88. The number of hydrogen-bond acceptors (Lipinski definition) is 5. The lowest BCUT2D eigenvalue weighted by Crippen LogP contribution is -2.35. The second-order valence-electron chi connectivity index (χ2n) is 4.30. The summed E-state index contributed by atoms with van der Waals surface area (Å²) in [5.74, 6) is 0.777. The second-order valence-corrected chi connectivity index (χ2v) is 6.00. The van der Waals surface area contributed by atoms with Crippen LogP contribution < -0.4 is 10.6 Å². The molecule has 3 rings (SSSR count). The van der Waals surface area contributed by atoms with Crippen LogP contribution in [0.2, 0.25) is 10.0 Å². The van der Waals surface area contributed by atoms with Gasteiger partial charge in [0, 0.05) is 29.1 Å². The van der Waals surface area contributed by atoms with Gasteiger partial charge in [-0.1, -0.05) is 23.2 Å². The average molecular weight is 364 g/mol. The van der Waals surface area contributed by atoms with Gasteiger partial charge >= 0.3 is 0 Å². The van der Waals surface area contributed by atoms with Crippen LogP contribution in [0, 0.1) is 0 Å². The number of anilines is 1. The lowest BCUT2D eigenvalue weighted by atomic mass is 10.2. The van der Waals surface area contributed by atoms with Crippen molar-refractivity contribution < 1.29 is 0 Å². The first-order chi connectivity index (χ1) is 9.72. The minimum atomic E-state index is 0. The lowest BCUT2D eigenvalue weighted by molar-refractivity contribution is 0.740. The number of benzene rings is 1. The molecule has 0 fully saturated rings. The number of nitrogens with zero attached hydrogens (tertiary/aromatic N) is 2. The fourth-order valence-electron chi connectivity index (χ4n) is 1.87. The number of aliphatic imine (C=N–C) groups is 1. The Balaban J connectivity index is 0.00000161. The molecule has 4 nitrogen and oxygen atoms in total. The van der Waals surface area contributed by atoms with Gasteiger partial charge in [0.1, 0.15) is 0 Å². The second kappa shape index (κ2) is 7.31. The first-order valence-electron chi connectivity index (χ1n) is 6.19. The molecular weight excluding hydrogens is 351 g/mol. The number of guanidine groups is 1. The third-order valence-corrected chi connectivity index (χ3v) is 4.14. The SMILES string of the molecule is Cl.Clc1ccc(-c2csc(NC3=NCCCN3)n2)c(Cl)c1. The highest BCUT2D eigenvalue weighted by atomic mass is 35.5. The Morgan fingerprint density at radius 2 is 2.14 bits per heavy atom. The van der Waals surface area contributed by atoms with Gasteiger partial charge in [0.15, 0.2) is 11.1 Å². The highest BCUT2D eigenvalue weighted by Crippen LogP contribution is 2.32. The molecule has 1 aromatic carbocycles. The molecule has 1 aliphatic heterocycles. The van der Waals surface area contributed by atoms with E-state index >= 15 is 0 Å². The molecule has 0 amide bonds. The van der Waals surface area contributed by atoms with Crippen molar-refractivity contribution in [1.29, 1.82) is 0 Å². The molecule has 21 heavy (non-hydrogen) atoms. The summed E-state index contributed by atoms with van der Waals surface area (Å²) in [6.07, 6.45) is 1.06. The Bertz CT molecular complexity index is 657. The maximum Gasteiger partial charge on any atom is 0.197 e. The topological polar surface area (TPSA) is 49.3 Å². The van der Waals surface area contributed by atoms with Crippen molar-refractivity contribution >= 4 is 58.0 Å². The molecule has 0 spiro atoms. The van der Waals surface area contributed by atoms with E-state index in [4.69, 9.17) is 23.2 Å². The van der Waals surface area contributed by atoms with Crippen molar-refractivity contribution in [2.24, 2.45) is 4.99 Å². The molecule has 2 heterocycles. The van der Waals surface area contributed by atoms with Gasteiger partial charge < -0.3 is 10.6 Å². The van der Waals surface area contributed by atoms with Crippen molar-refractivity contribution in [3.05, 3.63) is 33.6 Å². The maximum absolute atomic E-state index is 6.19. The van der Waals surface area contributed by atoms with E-state index in [1.807, 2.05) is 17.5 Å². The van der Waals surface area contributed by atoms with Crippen LogP contribution >= 0.6 is 46.9 Å². The fourth-order valence-corrected chi connectivity index (χ4v) is 3.08. The Labute approximate surface area is 143 Å². The lowest BCUT2D eigenvalue weighted by Gasteiger charge is -2.14. The minimum absolute atomic E-state index is 0. The molecule has 0 unspecified atom stereocenters. The summed E-state index contributed by atoms with van der Waals surface area (Å²) in [6.45, 7) is 1.78. The molecular formula is C13H13Cl3N4S. The van der Waals surface area contributed by atoms with Gasteiger partial charge in [0.2, 0.25) is 0 Å². The average Bonchev–Trinajstić information content (AvgIpc) is 2.88. The van der Waals surface area contributed by atoms with Crippen molar-refractivity contribution in [2.75, 3.05) is 18.4 Å². The van der Waals surface area contributed by atoms with E-state index in [0.717, 1.165) is 41.9 Å². The predicted octanol–water partition coefficient (Wildman–Crippen LogP) is 4.30. The smallest absolute Gasteiger partial charge is 0.197 e. The Kier molecular flexibility index (Phi) is 5.70. The Morgan fingerprint density at radius 1 is 1.29 bits per heavy atom. The molecule has 1 aromatic heterocycles. The van der Waals surface area contributed by atoms with Crippen LogP contribution in [0.15, 0.2) is 28.6 Å². The molecule has 2 N–H and O–H groups in total. The van der Waals surface area contributed by atoms with Crippen LogP contribution in [0.5, 0.6) is 0 Å². The molecule has 0 atom stereocenters. The van der Waals surface area contributed by atoms with Crippen LogP contribution in [0.25, 0.3) is 11.3 Å². The van der Waals surface area contributed by atoms with Crippen molar-refractivity contribution in [3.63, 3.8) is 0 Å². The van der Waals surface area contributed by atoms with Crippen molar-refractivity contribution in [2.45, 2.75) is 6.42 Å². The quantitative estimate of drug-likeness (QED) is 0.836. The normalized spacial score (nSPS) is 13.9. The van der Waals surface area contributed by atoms with E-state index in [2.05, 4.69) is 20.6 Å². The van der Waals surface area contributed by atoms with Gasteiger partial charge in [-0.05, 0) is 24.6 Å². The van der Waals surface area contributed by atoms with Gasteiger partial charge in [-0.25, -0.2) is 4.98 Å². The largest absolute Gasteiger partial charge is 0.356 e. The first-order valence-corrected chi connectivity index (χ1v) is 7.82. The standard InChI is InChI=1S/C13H12Cl2N4S.ClH/c14-8-2-3-9(10(15)6-8)11-7-20-13(18-11)19-12-16-4-1-5-17-12;/h2-3,6-7H,1,4-5H2,(H2,16,17,18,19);1H. The Hall–Kier alpha value is -1.01.